The second-order valence-electron chi connectivity index (χ2n) is 3.43. The fourth-order valence-electron chi connectivity index (χ4n) is 1.28. The normalized spacial score (nSPS) is 13.1. The minimum atomic E-state index is -0.331. The number of nitrogens with one attached hydrogen (secondary N) is 1. The van der Waals surface area contributed by atoms with E-state index in [0.29, 0.717) is 6.54 Å². The second-order valence-corrected chi connectivity index (χ2v) is 3.43. The Bertz CT molecular complexity index is 301. The van der Waals surface area contributed by atoms with Crippen LogP contribution in [0.3, 0.4) is 0 Å². The maximum atomic E-state index is 12.7. The van der Waals surface area contributed by atoms with Gasteiger partial charge in [-0.1, -0.05) is 0 Å². The summed E-state index contributed by atoms with van der Waals surface area (Å²) in [7, 11) is 3.16. The van der Waals surface area contributed by atoms with Crippen LogP contribution < -0.4 is 5.32 Å². The van der Waals surface area contributed by atoms with Crippen LogP contribution in [0, 0.1) is 5.82 Å². The number of aromatic nitrogens is 1. The first-order valence-electron chi connectivity index (χ1n) is 5.07. The van der Waals surface area contributed by atoms with Gasteiger partial charge in [0.2, 0.25) is 0 Å². The van der Waals surface area contributed by atoms with E-state index in [2.05, 4.69) is 10.3 Å². The quantitative estimate of drug-likeness (QED) is 0.749. The molecule has 16 heavy (non-hydrogen) atoms. The fourth-order valence-corrected chi connectivity index (χ4v) is 1.28. The van der Waals surface area contributed by atoms with Crippen molar-refractivity contribution < 1.29 is 13.9 Å². The molecule has 0 spiro atoms. The lowest BCUT2D eigenvalue weighted by Gasteiger charge is -2.18. The molecule has 1 unspecified atom stereocenters. The third-order valence-corrected chi connectivity index (χ3v) is 2.31. The van der Waals surface area contributed by atoms with Crippen LogP contribution in [-0.4, -0.2) is 32.0 Å². The van der Waals surface area contributed by atoms with Crippen molar-refractivity contribution in [2.75, 3.05) is 20.8 Å². The highest BCUT2D eigenvalue weighted by Gasteiger charge is 2.10. The number of rotatable bonds is 6. The molecule has 1 aromatic heterocycles. The van der Waals surface area contributed by atoms with E-state index < -0.39 is 0 Å². The summed E-state index contributed by atoms with van der Waals surface area (Å²) >= 11 is 0. The van der Waals surface area contributed by atoms with Crippen LogP contribution in [0.5, 0.6) is 0 Å². The molecule has 0 aliphatic heterocycles. The SMILES string of the molecule is COC(CNC(C)c1ccc(F)cn1)OC. The van der Waals surface area contributed by atoms with Gasteiger partial charge < -0.3 is 14.8 Å². The van der Waals surface area contributed by atoms with Crippen molar-refractivity contribution in [2.24, 2.45) is 0 Å². The molecular formula is C11H17FN2O2. The average molecular weight is 228 g/mol. The highest BCUT2D eigenvalue weighted by Crippen LogP contribution is 2.09. The van der Waals surface area contributed by atoms with E-state index >= 15 is 0 Å². The Balaban J connectivity index is 2.46. The first kappa shape index (κ1) is 13.0. The van der Waals surface area contributed by atoms with E-state index in [1.54, 1.807) is 20.3 Å². The Labute approximate surface area is 94.8 Å². The van der Waals surface area contributed by atoms with Gasteiger partial charge in [-0.3, -0.25) is 4.98 Å². The van der Waals surface area contributed by atoms with Gasteiger partial charge in [-0.15, -0.1) is 0 Å². The van der Waals surface area contributed by atoms with Gasteiger partial charge in [0.05, 0.1) is 11.9 Å². The van der Waals surface area contributed by atoms with Gasteiger partial charge in [-0.25, -0.2) is 4.39 Å². The van der Waals surface area contributed by atoms with E-state index in [0.717, 1.165) is 5.69 Å². The summed E-state index contributed by atoms with van der Waals surface area (Å²) in [6.45, 7) is 2.50. The van der Waals surface area contributed by atoms with Crippen LogP contribution in [0.4, 0.5) is 4.39 Å². The van der Waals surface area contributed by atoms with Crippen molar-refractivity contribution in [3.05, 3.63) is 29.8 Å². The van der Waals surface area contributed by atoms with Gasteiger partial charge in [0, 0.05) is 26.8 Å². The van der Waals surface area contributed by atoms with Crippen LogP contribution in [0.25, 0.3) is 0 Å². The molecule has 0 saturated heterocycles. The number of hydrogen-bond donors (Lipinski definition) is 1. The molecule has 0 aromatic carbocycles. The zero-order valence-electron chi connectivity index (χ0n) is 9.74. The number of halogens is 1. The van der Waals surface area contributed by atoms with E-state index in [9.17, 15) is 4.39 Å². The zero-order chi connectivity index (χ0) is 12.0. The second kappa shape index (κ2) is 6.52. The molecule has 1 rings (SSSR count). The number of methoxy groups -OCH3 is 2. The first-order chi connectivity index (χ1) is 7.67. The molecule has 0 aliphatic carbocycles. The summed E-state index contributed by atoms with van der Waals surface area (Å²) < 4.78 is 22.7. The standard InChI is InChI=1S/C11H17FN2O2/c1-8(13-7-11(15-2)16-3)10-5-4-9(12)6-14-10/h4-6,8,11,13H,7H2,1-3H3. The number of pyridine rings is 1. The molecule has 1 heterocycles. The third kappa shape index (κ3) is 3.84. The molecule has 0 fully saturated rings. The largest absolute Gasteiger partial charge is 0.355 e. The highest BCUT2D eigenvalue weighted by molar-refractivity contribution is 5.08. The van der Waals surface area contributed by atoms with Crippen LogP contribution >= 0.6 is 0 Å². The number of nitrogens with zero attached hydrogens (tertiary/aromatic N) is 1. The molecule has 0 aliphatic rings. The van der Waals surface area contributed by atoms with Crippen LogP contribution in [0.15, 0.2) is 18.3 Å². The summed E-state index contributed by atoms with van der Waals surface area (Å²) in [5.41, 5.74) is 0.785. The van der Waals surface area contributed by atoms with Gasteiger partial charge in [-0.05, 0) is 19.1 Å². The summed E-state index contributed by atoms with van der Waals surface area (Å²) in [4.78, 5) is 3.99. The molecule has 1 aromatic rings. The Morgan fingerprint density at radius 1 is 1.38 bits per heavy atom. The van der Waals surface area contributed by atoms with Crippen LogP contribution in [0.2, 0.25) is 0 Å². The Kier molecular flexibility index (Phi) is 5.31. The van der Waals surface area contributed by atoms with Crippen molar-refractivity contribution in [1.29, 1.82) is 0 Å². The molecular weight excluding hydrogens is 211 g/mol. The predicted molar refractivity (Wildman–Crippen MR) is 58.4 cm³/mol. The summed E-state index contributed by atoms with van der Waals surface area (Å²) in [6.07, 6.45) is 0.917. The lowest BCUT2D eigenvalue weighted by molar-refractivity contribution is -0.0997. The number of ether oxygens (including phenoxy) is 2. The van der Waals surface area contributed by atoms with Crippen molar-refractivity contribution in [1.82, 2.24) is 10.3 Å². The maximum Gasteiger partial charge on any atom is 0.169 e. The molecule has 0 bridgehead atoms. The Hall–Kier alpha value is -1.04. The lowest BCUT2D eigenvalue weighted by Crippen LogP contribution is -2.31. The molecule has 0 radical (unpaired) electrons. The Morgan fingerprint density at radius 3 is 2.56 bits per heavy atom. The van der Waals surface area contributed by atoms with E-state index in [4.69, 9.17) is 9.47 Å². The topological polar surface area (TPSA) is 43.4 Å². The van der Waals surface area contributed by atoms with Crippen molar-refractivity contribution >= 4 is 0 Å². The van der Waals surface area contributed by atoms with Crippen molar-refractivity contribution in [3.8, 4) is 0 Å². The van der Waals surface area contributed by atoms with Gasteiger partial charge in [0.25, 0.3) is 0 Å². The van der Waals surface area contributed by atoms with Crippen LogP contribution in [0.1, 0.15) is 18.7 Å². The van der Waals surface area contributed by atoms with E-state index in [1.807, 2.05) is 6.92 Å². The van der Waals surface area contributed by atoms with E-state index in [1.165, 1.54) is 12.3 Å². The van der Waals surface area contributed by atoms with Gasteiger partial charge in [0.1, 0.15) is 5.82 Å². The fraction of sp³-hybridized carbons (Fsp3) is 0.545. The van der Waals surface area contributed by atoms with Crippen molar-refractivity contribution in [3.63, 3.8) is 0 Å². The smallest absolute Gasteiger partial charge is 0.169 e. The summed E-state index contributed by atoms with van der Waals surface area (Å²) in [5, 5.41) is 3.19. The van der Waals surface area contributed by atoms with Gasteiger partial charge in [0.15, 0.2) is 6.29 Å². The Morgan fingerprint density at radius 2 is 2.06 bits per heavy atom. The van der Waals surface area contributed by atoms with E-state index in [-0.39, 0.29) is 18.1 Å². The minimum Gasteiger partial charge on any atom is -0.355 e. The van der Waals surface area contributed by atoms with Crippen molar-refractivity contribution in [2.45, 2.75) is 19.3 Å². The minimum absolute atomic E-state index is 0.0217. The monoisotopic (exact) mass is 228 g/mol. The molecule has 90 valence electrons. The van der Waals surface area contributed by atoms with Gasteiger partial charge in [-0.2, -0.15) is 0 Å². The molecule has 0 saturated carbocycles. The number of hydrogen-bond acceptors (Lipinski definition) is 4. The first-order valence-corrected chi connectivity index (χ1v) is 5.07. The highest BCUT2D eigenvalue weighted by atomic mass is 19.1. The zero-order valence-corrected chi connectivity index (χ0v) is 9.74. The van der Waals surface area contributed by atoms with Gasteiger partial charge >= 0.3 is 0 Å². The summed E-state index contributed by atoms with van der Waals surface area (Å²) in [6, 6.07) is 3.07. The molecule has 1 atom stereocenters. The molecule has 1 N–H and O–H groups in total. The molecule has 4 nitrogen and oxygen atoms in total. The summed E-state index contributed by atoms with van der Waals surface area (Å²) in [5.74, 6) is -0.331. The molecule has 0 amide bonds. The lowest BCUT2D eigenvalue weighted by atomic mass is 10.2. The average Bonchev–Trinajstić information content (AvgIpc) is 2.31. The maximum absolute atomic E-state index is 12.7. The molecule has 5 heteroatoms. The van der Waals surface area contributed by atoms with Crippen LogP contribution in [-0.2, 0) is 9.47 Å². The predicted octanol–water partition coefficient (Wildman–Crippen LogP) is 1.49. The third-order valence-electron chi connectivity index (χ3n) is 2.31.